The third-order valence-corrected chi connectivity index (χ3v) is 4.34. The van der Waals surface area contributed by atoms with Crippen molar-refractivity contribution in [2.45, 2.75) is 39.2 Å². The summed E-state index contributed by atoms with van der Waals surface area (Å²) in [6, 6.07) is 8.37. The molecule has 0 aromatic heterocycles. The van der Waals surface area contributed by atoms with Gasteiger partial charge in [-0.15, -0.1) is 0 Å². The van der Waals surface area contributed by atoms with Gasteiger partial charge in [0.05, 0.1) is 6.54 Å². The Morgan fingerprint density at radius 2 is 2.29 bits per heavy atom. The molecule has 2 atom stereocenters. The minimum Gasteiger partial charge on any atom is -0.329 e. The molecule has 3 N–H and O–H groups in total. The number of likely N-dealkylation sites (tertiary alicyclic amines) is 1. The molecule has 0 spiro atoms. The molecule has 0 bridgehead atoms. The number of hydrogen-bond donors (Lipinski definition) is 2. The molecule has 0 saturated carbocycles. The quantitative estimate of drug-likeness (QED) is 0.874. The highest BCUT2D eigenvalue weighted by atomic mass is 16.2. The summed E-state index contributed by atoms with van der Waals surface area (Å²) < 4.78 is 0. The van der Waals surface area contributed by atoms with Crippen LogP contribution in [0.1, 0.15) is 32.3 Å². The lowest BCUT2D eigenvalue weighted by atomic mass is 9.92. The van der Waals surface area contributed by atoms with Gasteiger partial charge in [-0.1, -0.05) is 26.0 Å². The number of benzene rings is 1. The fraction of sp³-hybridized carbons (Fsp3) is 0.588. The van der Waals surface area contributed by atoms with Crippen molar-refractivity contribution in [3.05, 3.63) is 29.8 Å². The maximum atomic E-state index is 12.2. The van der Waals surface area contributed by atoms with Crippen LogP contribution in [0.4, 0.5) is 5.69 Å². The molecule has 2 rings (SSSR count). The highest BCUT2D eigenvalue weighted by molar-refractivity contribution is 5.92. The molecule has 1 saturated heterocycles. The molecule has 1 aliphatic rings. The first-order valence-corrected chi connectivity index (χ1v) is 7.95. The maximum absolute atomic E-state index is 12.2. The molecule has 4 heteroatoms. The van der Waals surface area contributed by atoms with Crippen molar-refractivity contribution in [2.24, 2.45) is 11.7 Å². The van der Waals surface area contributed by atoms with Gasteiger partial charge in [0.2, 0.25) is 5.91 Å². The van der Waals surface area contributed by atoms with Crippen LogP contribution in [0.3, 0.4) is 0 Å². The van der Waals surface area contributed by atoms with Crippen molar-refractivity contribution in [2.75, 3.05) is 25.0 Å². The summed E-state index contributed by atoms with van der Waals surface area (Å²) >= 11 is 0. The van der Waals surface area contributed by atoms with Gasteiger partial charge in [0.15, 0.2) is 0 Å². The first-order valence-electron chi connectivity index (χ1n) is 7.95. The summed E-state index contributed by atoms with van der Waals surface area (Å²) in [7, 11) is 0. The number of amides is 1. The molecule has 1 aromatic carbocycles. The fourth-order valence-corrected chi connectivity index (χ4v) is 3.01. The highest BCUT2D eigenvalue weighted by Gasteiger charge is 2.26. The molecule has 0 aliphatic carbocycles. The Labute approximate surface area is 127 Å². The molecular formula is C17H27N3O. The van der Waals surface area contributed by atoms with Gasteiger partial charge in [0.1, 0.15) is 0 Å². The number of carbonyl (C=O) groups is 1. The van der Waals surface area contributed by atoms with Crippen molar-refractivity contribution in [3.8, 4) is 0 Å². The lowest BCUT2D eigenvalue weighted by Crippen LogP contribution is -2.49. The van der Waals surface area contributed by atoms with E-state index in [1.165, 1.54) is 5.56 Å². The topological polar surface area (TPSA) is 58.4 Å². The number of hydrogen-bond acceptors (Lipinski definition) is 3. The second-order valence-corrected chi connectivity index (χ2v) is 6.09. The summed E-state index contributed by atoms with van der Waals surface area (Å²) in [4.78, 5) is 14.5. The van der Waals surface area contributed by atoms with Gasteiger partial charge in [-0.3, -0.25) is 9.69 Å². The van der Waals surface area contributed by atoms with Gasteiger partial charge in [-0.25, -0.2) is 0 Å². The molecule has 1 aromatic rings. The van der Waals surface area contributed by atoms with Crippen molar-refractivity contribution in [1.82, 2.24) is 4.90 Å². The van der Waals surface area contributed by atoms with E-state index in [9.17, 15) is 4.79 Å². The highest BCUT2D eigenvalue weighted by Crippen LogP contribution is 2.21. The normalized spacial score (nSPS) is 23.0. The zero-order chi connectivity index (χ0) is 15.2. The molecule has 0 radical (unpaired) electrons. The summed E-state index contributed by atoms with van der Waals surface area (Å²) in [5.74, 6) is 0.760. The maximum Gasteiger partial charge on any atom is 0.238 e. The van der Waals surface area contributed by atoms with Crippen LogP contribution >= 0.6 is 0 Å². The summed E-state index contributed by atoms with van der Waals surface area (Å²) in [6.07, 6.45) is 3.22. The molecule has 1 amide bonds. The molecule has 1 aliphatic heterocycles. The van der Waals surface area contributed by atoms with Gasteiger partial charge in [0, 0.05) is 18.3 Å². The van der Waals surface area contributed by atoms with Crippen LogP contribution in [0.25, 0.3) is 0 Å². The van der Waals surface area contributed by atoms with Crippen LogP contribution in [0.5, 0.6) is 0 Å². The van der Waals surface area contributed by atoms with Crippen LogP contribution < -0.4 is 11.1 Å². The minimum atomic E-state index is 0.0521. The third-order valence-electron chi connectivity index (χ3n) is 4.34. The standard InChI is InChI=1S/C17H27N3O/c1-3-14-5-4-6-15(10-14)19-17(21)12-20-8-7-13(2)9-16(20)11-18/h4-6,10,13,16H,3,7-9,11-12,18H2,1-2H3,(H,19,21). The Bertz CT molecular complexity index is 475. The van der Waals surface area contributed by atoms with Crippen LogP contribution in [-0.2, 0) is 11.2 Å². The number of anilines is 1. The second kappa shape index (κ2) is 7.57. The van der Waals surface area contributed by atoms with E-state index in [-0.39, 0.29) is 5.91 Å². The van der Waals surface area contributed by atoms with Crippen LogP contribution in [0.2, 0.25) is 0 Å². The van der Waals surface area contributed by atoms with E-state index in [4.69, 9.17) is 5.73 Å². The summed E-state index contributed by atoms with van der Waals surface area (Å²) in [5.41, 5.74) is 7.97. The van der Waals surface area contributed by atoms with Gasteiger partial charge in [0.25, 0.3) is 0 Å². The molecule has 1 fully saturated rings. The van der Waals surface area contributed by atoms with Crippen molar-refractivity contribution >= 4 is 11.6 Å². The Balaban J connectivity index is 1.91. The van der Waals surface area contributed by atoms with Crippen LogP contribution in [0.15, 0.2) is 24.3 Å². The monoisotopic (exact) mass is 289 g/mol. The van der Waals surface area contributed by atoms with Crippen molar-refractivity contribution in [3.63, 3.8) is 0 Å². The Morgan fingerprint density at radius 3 is 3.00 bits per heavy atom. The first kappa shape index (κ1) is 16.0. The van der Waals surface area contributed by atoms with Crippen LogP contribution in [-0.4, -0.2) is 36.5 Å². The van der Waals surface area contributed by atoms with E-state index in [0.29, 0.717) is 25.0 Å². The Kier molecular flexibility index (Phi) is 5.76. The number of aryl methyl sites for hydroxylation is 1. The molecule has 2 unspecified atom stereocenters. The number of nitrogens with one attached hydrogen (secondary N) is 1. The zero-order valence-corrected chi connectivity index (χ0v) is 13.1. The predicted octanol–water partition coefficient (Wildman–Crippen LogP) is 2.25. The average molecular weight is 289 g/mol. The molecule has 1 heterocycles. The van der Waals surface area contributed by atoms with E-state index in [1.807, 2.05) is 18.2 Å². The summed E-state index contributed by atoms with van der Waals surface area (Å²) in [5, 5.41) is 3.00. The van der Waals surface area contributed by atoms with Gasteiger partial charge in [-0.2, -0.15) is 0 Å². The zero-order valence-electron chi connectivity index (χ0n) is 13.1. The smallest absolute Gasteiger partial charge is 0.238 e. The minimum absolute atomic E-state index is 0.0521. The lowest BCUT2D eigenvalue weighted by Gasteiger charge is -2.37. The van der Waals surface area contributed by atoms with Gasteiger partial charge < -0.3 is 11.1 Å². The first-order chi connectivity index (χ1) is 10.1. The van der Waals surface area contributed by atoms with Gasteiger partial charge >= 0.3 is 0 Å². The van der Waals surface area contributed by atoms with E-state index < -0.39 is 0 Å². The third kappa shape index (κ3) is 4.55. The number of nitrogens with two attached hydrogens (primary N) is 1. The molecule has 4 nitrogen and oxygen atoms in total. The molecule has 21 heavy (non-hydrogen) atoms. The Hall–Kier alpha value is -1.39. The number of carbonyl (C=O) groups excluding carboxylic acids is 1. The molecule has 116 valence electrons. The average Bonchev–Trinajstić information content (AvgIpc) is 2.49. The Morgan fingerprint density at radius 1 is 1.48 bits per heavy atom. The van der Waals surface area contributed by atoms with E-state index in [2.05, 4.69) is 30.1 Å². The largest absolute Gasteiger partial charge is 0.329 e. The van der Waals surface area contributed by atoms with Crippen molar-refractivity contribution < 1.29 is 4.79 Å². The fourth-order valence-electron chi connectivity index (χ4n) is 3.01. The number of piperidine rings is 1. The van der Waals surface area contributed by atoms with E-state index in [1.54, 1.807) is 0 Å². The van der Waals surface area contributed by atoms with E-state index in [0.717, 1.165) is 31.5 Å². The lowest BCUT2D eigenvalue weighted by molar-refractivity contribution is -0.118. The number of rotatable bonds is 5. The van der Waals surface area contributed by atoms with Crippen molar-refractivity contribution in [1.29, 1.82) is 0 Å². The second-order valence-electron chi connectivity index (χ2n) is 6.09. The number of nitrogens with zero attached hydrogens (tertiary/aromatic N) is 1. The van der Waals surface area contributed by atoms with Gasteiger partial charge in [-0.05, 0) is 49.4 Å². The van der Waals surface area contributed by atoms with E-state index >= 15 is 0 Å². The molecular weight excluding hydrogens is 262 g/mol. The summed E-state index contributed by atoms with van der Waals surface area (Å²) in [6.45, 7) is 6.40. The predicted molar refractivity (Wildman–Crippen MR) is 87.3 cm³/mol. The SMILES string of the molecule is CCc1cccc(NC(=O)CN2CCC(C)CC2CN)c1. The van der Waals surface area contributed by atoms with Crippen LogP contribution in [0, 0.1) is 5.92 Å².